The first-order valence-electron chi connectivity index (χ1n) is 6.07. The Morgan fingerprint density at radius 1 is 1.28 bits per heavy atom. The van der Waals surface area contributed by atoms with Gasteiger partial charge in [0.25, 0.3) is 0 Å². The van der Waals surface area contributed by atoms with Crippen LogP contribution in [0, 0.1) is 0 Å². The predicted octanol–water partition coefficient (Wildman–Crippen LogP) is 3.33. The van der Waals surface area contributed by atoms with Crippen molar-refractivity contribution in [3.63, 3.8) is 0 Å². The van der Waals surface area contributed by atoms with Gasteiger partial charge < -0.3 is 14.2 Å². The van der Waals surface area contributed by atoms with Crippen LogP contribution < -0.4 is 0 Å². The van der Waals surface area contributed by atoms with Gasteiger partial charge in [0.05, 0.1) is 6.10 Å². The first-order chi connectivity index (χ1) is 8.57. The van der Waals surface area contributed by atoms with Crippen LogP contribution in [-0.4, -0.2) is 29.5 Å². The Balaban J connectivity index is 2.22. The summed E-state index contributed by atoms with van der Waals surface area (Å²) in [5, 5.41) is 0. The van der Waals surface area contributed by atoms with E-state index in [0.717, 1.165) is 9.99 Å². The molecule has 1 heterocycles. The zero-order chi connectivity index (χ0) is 13.2. The molecule has 0 aliphatic carbocycles. The van der Waals surface area contributed by atoms with Gasteiger partial charge >= 0.3 is 0 Å². The number of hydrogen-bond acceptors (Lipinski definition) is 3. The minimum absolute atomic E-state index is 0.0609. The zero-order valence-electron chi connectivity index (χ0n) is 10.9. The van der Waals surface area contributed by atoms with Gasteiger partial charge in [-0.1, -0.05) is 52.9 Å². The summed E-state index contributed by atoms with van der Waals surface area (Å²) in [6.45, 7) is 3.90. The molecule has 1 saturated heterocycles. The van der Waals surface area contributed by atoms with Crippen molar-refractivity contribution in [1.29, 1.82) is 0 Å². The second-order valence-corrected chi connectivity index (χ2v) is 5.74. The highest BCUT2D eigenvalue weighted by atomic mass is 127. The van der Waals surface area contributed by atoms with E-state index >= 15 is 0 Å². The Hall–Kier alpha value is -0.170. The van der Waals surface area contributed by atoms with Crippen LogP contribution in [0.2, 0.25) is 0 Å². The third kappa shape index (κ3) is 3.04. The Labute approximate surface area is 122 Å². The zero-order valence-corrected chi connectivity index (χ0v) is 13.1. The molecule has 2 rings (SSSR count). The van der Waals surface area contributed by atoms with Crippen molar-refractivity contribution < 1.29 is 14.2 Å². The third-order valence-corrected chi connectivity index (χ3v) is 3.92. The minimum atomic E-state index is -0.536. The molecule has 0 radical (unpaired) electrons. The molecule has 1 aromatic carbocycles. The molecule has 1 aliphatic rings. The first-order valence-corrected chi connectivity index (χ1v) is 7.59. The van der Waals surface area contributed by atoms with E-state index in [1.165, 1.54) is 0 Å². The number of rotatable bonds is 4. The van der Waals surface area contributed by atoms with E-state index in [9.17, 15) is 0 Å². The van der Waals surface area contributed by atoms with E-state index < -0.39 is 5.79 Å². The Bertz CT molecular complexity index is 380. The van der Waals surface area contributed by atoms with E-state index in [1.807, 2.05) is 32.0 Å². The Kier molecular flexibility index (Phi) is 4.64. The van der Waals surface area contributed by atoms with Crippen LogP contribution in [0.15, 0.2) is 30.3 Å². The SMILES string of the molecule is CO[C@H](c1ccccc1)[C@H]1OC(C)(C)O[C@@H]1CI. The molecular weight excluding hydrogens is 343 g/mol. The highest BCUT2D eigenvalue weighted by Crippen LogP contribution is 2.37. The van der Waals surface area contributed by atoms with Gasteiger partial charge in [-0.2, -0.15) is 0 Å². The largest absolute Gasteiger partial charge is 0.374 e. The van der Waals surface area contributed by atoms with Gasteiger partial charge in [0.1, 0.15) is 12.2 Å². The van der Waals surface area contributed by atoms with Gasteiger partial charge in [0.15, 0.2) is 5.79 Å². The average Bonchev–Trinajstić information content (AvgIpc) is 2.67. The fourth-order valence-corrected chi connectivity index (χ4v) is 3.02. The third-order valence-electron chi connectivity index (χ3n) is 3.05. The van der Waals surface area contributed by atoms with Crippen LogP contribution in [0.25, 0.3) is 0 Å². The molecule has 100 valence electrons. The van der Waals surface area contributed by atoms with Crippen molar-refractivity contribution >= 4 is 22.6 Å². The molecule has 3 nitrogen and oxygen atoms in total. The second-order valence-electron chi connectivity index (χ2n) is 4.86. The van der Waals surface area contributed by atoms with Crippen molar-refractivity contribution in [3.05, 3.63) is 35.9 Å². The molecule has 0 bridgehead atoms. The van der Waals surface area contributed by atoms with E-state index in [4.69, 9.17) is 14.2 Å². The molecule has 0 aromatic heterocycles. The van der Waals surface area contributed by atoms with Gasteiger partial charge in [-0.3, -0.25) is 0 Å². The predicted molar refractivity (Wildman–Crippen MR) is 78.9 cm³/mol. The monoisotopic (exact) mass is 362 g/mol. The number of methoxy groups -OCH3 is 1. The molecule has 0 saturated carbocycles. The van der Waals surface area contributed by atoms with Gasteiger partial charge in [0, 0.05) is 11.5 Å². The molecule has 3 atom stereocenters. The smallest absolute Gasteiger partial charge is 0.163 e. The summed E-state index contributed by atoms with van der Waals surface area (Å²) >= 11 is 2.33. The molecule has 0 amide bonds. The average molecular weight is 362 g/mol. The molecule has 4 heteroatoms. The molecule has 1 aliphatic heterocycles. The maximum absolute atomic E-state index is 6.01. The molecule has 1 fully saturated rings. The van der Waals surface area contributed by atoms with Crippen LogP contribution >= 0.6 is 22.6 Å². The van der Waals surface area contributed by atoms with E-state index in [0.29, 0.717) is 0 Å². The summed E-state index contributed by atoms with van der Waals surface area (Å²) in [6, 6.07) is 10.2. The standard InChI is InChI=1S/C14H19IO3/c1-14(2)17-11(9-15)13(18-14)12(16-3)10-7-5-4-6-8-10/h4-8,11-13H,9H2,1-3H3/t11-,12-,13+/m1/s1. The maximum atomic E-state index is 6.01. The summed E-state index contributed by atoms with van der Waals surface area (Å²) in [5.74, 6) is -0.536. The number of benzene rings is 1. The Morgan fingerprint density at radius 3 is 2.50 bits per heavy atom. The maximum Gasteiger partial charge on any atom is 0.163 e. The second kappa shape index (κ2) is 5.86. The van der Waals surface area contributed by atoms with Crippen LogP contribution in [0.1, 0.15) is 25.5 Å². The number of alkyl halides is 1. The molecule has 18 heavy (non-hydrogen) atoms. The highest BCUT2D eigenvalue weighted by Gasteiger charge is 2.45. The van der Waals surface area contributed by atoms with Crippen molar-refractivity contribution in [2.45, 2.75) is 37.9 Å². The van der Waals surface area contributed by atoms with E-state index in [-0.39, 0.29) is 18.3 Å². The molecule has 0 N–H and O–H groups in total. The van der Waals surface area contributed by atoms with Gasteiger partial charge in [-0.15, -0.1) is 0 Å². The van der Waals surface area contributed by atoms with Gasteiger partial charge in [-0.25, -0.2) is 0 Å². The van der Waals surface area contributed by atoms with Crippen LogP contribution in [0.5, 0.6) is 0 Å². The van der Waals surface area contributed by atoms with E-state index in [2.05, 4.69) is 34.7 Å². The van der Waals surface area contributed by atoms with Gasteiger partial charge in [-0.05, 0) is 19.4 Å². The number of ether oxygens (including phenoxy) is 3. The molecule has 0 spiro atoms. The van der Waals surface area contributed by atoms with E-state index in [1.54, 1.807) is 7.11 Å². The lowest BCUT2D eigenvalue weighted by molar-refractivity contribution is -0.157. The van der Waals surface area contributed by atoms with Crippen molar-refractivity contribution in [2.24, 2.45) is 0 Å². The number of halogens is 1. The topological polar surface area (TPSA) is 27.7 Å². The summed E-state index contributed by atoms with van der Waals surface area (Å²) in [5.41, 5.74) is 1.13. The van der Waals surface area contributed by atoms with Crippen LogP contribution in [0.3, 0.4) is 0 Å². The summed E-state index contributed by atoms with van der Waals surface area (Å²) in [7, 11) is 1.72. The number of hydrogen-bond donors (Lipinski definition) is 0. The summed E-state index contributed by atoms with van der Waals surface area (Å²) < 4.78 is 18.4. The lowest BCUT2D eigenvalue weighted by Gasteiger charge is -2.25. The molecule has 1 aromatic rings. The highest BCUT2D eigenvalue weighted by molar-refractivity contribution is 14.1. The minimum Gasteiger partial charge on any atom is -0.374 e. The van der Waals surface area contributed by atoms with Crippen molar-refractivity contribution in [2.75, 3.05) is 11.5 Å². The molecule has 0 unspecified atom stereocenters. The van der Waals surface area contributed by atoms with Crippen molar-refractivity contribution in [1.82, 2.24) is 0 Å². The van der Waals surface area contributed by atoms with Crippen molar-refractivity contribution in [3.8, 4) is 0 Å². The van der Waals surface area contributed by atoms with Crippen LogP contribution in [0.4, 0.5) is 0 Å². The van der Waals surface area contributed by atoms with Crippen LogP contribution in [-0.2, 0) is 14.2 Å². The fraction of sp³-hybridized carbons (Fsp3) is 0.571. The summed E-state index contributed by atoms with van der Waals surface area (Å²) in [6.07, 6.45) is -0.0946. The normalized spacial score (nSPS) is 28.2. The molecular formula is C14H19IO3. The fourth-order valence-electron chi connectivity index (χ4n) is 2.34. The van der Waals surface area contributed by atoms with Gasteiger partial charge in [0.2, 0.25) is 0 Å². The quantitative estimate of drug-likeness (QED) is 0.608. The lowest BCUT2D eigenvalue weighted by Crippen LogP contribution is -2.31. The summed E-state index contributed by atoms with van der Waals surface area (Å²) in [4.78, 5) is 0. The lowest BCUT2D eigenvalue weighted by atomic mass is 10.0. The first kappa shape index (κ1) is 14.2. The Morgan fingerprint density at radius 2 is 1.94 bits per heavy atom.